The normalized spacial score (nSPS) is 10.4. The predicted molar refractivity (Wildman–Crippen MR) is 93.9 cm³/mol. The van der Waals surface area contributed by atoms with E-state index in [1.165, 1.54) is 0 Å². The van der Waals surface area contributed by atoms with Gasteiger partial charge in [0.15, 0.2) is 0 Å². The molecule has 2 aromatic heterocycles. The number of amides is 1. The highest BCUT2D eigenvalue weighted by Gasteiger charge is 2.10. The molecule has 24 heavy (non-hydrogen) atoms. The molecule has 0 aliphatic rings. The molecule has 0 aliphatic heterocycles. The first-order valence-electron chi connectivity index (χ1n) is 7.48. The summed E-state index contributed by atoms with van der Waals surface area (Å²) in [7, 11) is 1.61. The van der Waals surface area contributed by atoms with Crippen LogP contribution >= 0.6 is 11.3 Å². The molecule has 0 unspecified atom stereocenters. The summed E-state index contributed by atoms with van der Waals surface area (Å²) in [6, 6.07) is 9.49. The minimum Gasteiger partial charge on any atom is -0.497 e. The molecule has 3 rings (SSSR count). The van der Waals surface area contributed by atoms with Crippen LogP contribution in [0, 0.1) is 0 Å². The van der Waals surface area contributed by atoms with E-state index in [0.717, 1.165) is 28.3 Å². The summed E-state index contributed by atoms with van der Waals surface area (Å²) in [6.45, 7) is 0.349. The molecule has 2 heterocycles. The second-order valence-electron chi connectivity index (χ2n) is 5.17. The minimum absolute atomic E-state index is 0.0647. The third kappa shape index (κ3) is 3.97. The van der Waals surface area contributed by atoms with Crippen molar-refractivity contribution in [2.45, 2.75) is 13.0 Å². The Bertz CT molecular complexity index is 819. The summed E-state index contributed by atoms with van der Waals surface area (Å²) in [5.41, 5.74) is 3.49. The maximum Gasteiger partial charge on any atom is 0.224 e. The lowest BCUT2D eigenvalue weighted by molar-refractivity contribution is -0.120. The Hall–Kier alpha value is -2.73. The van der Waals surface area contributed by atoms with Crippen LogP contribution in [-0.2, 0) is 17.8 Å². The number of methoxy groups -OCH3 is 1. The third-order valence-electron chi connectivity index (χ3n) is 3.52. The Morgan fingerprint density at radius 1 is 1.25 bits per heavy atom. The van der Waals surface area contributed by atoms with Gasteiger partial charge in [0, 0.05) is 23.3 Å². The van der Waals surface area contributed by atoms with E-state index in [-0.39, 0.29) is 5.91 Å². The highest BCUT2D eigenvalue weighted by molar-refractivity contribution is 7.08. The first kappa shape index (κ1) is 16.1. The molecule has 6 heteroatoms. The number of nitrogens with one attached hydrogen (secondary N) is 1. The number of rotatable bonds is 6. The number of carbonyl (C=O) groups is 1. The summed E-state index contributed by atoms with van der Waals surface area (Å²) in [4.78, 5) is 20.9. The van der Waals surface area contributed by atoms with E-state index in [2.05, 4.69) is 15.3 Å². The van der Waals surface area contributed by atoms with Crippen LogP contribution in [0.4, 0.5) is 0 Å². The average Bonchev–Trinajstić information content (AvgIpc) is 3.15. The monoisotopic (exact) mass is 339 g/mol. The second-order valence-corrected chi connectivity index (χ2v) is 5.95. The van der Waals surface area contributed by atoms with Crippen molar-refractivity contribution in [1.29, 1.82) is 0 Å². The Morgan fingerprint density at radius 2 is 2.12 bits per heavy atom. The van der Waals surface area contributed by atoms with Crippen molar-refractivity contribution in [3.63, 3.8) is 0 Å². The highest BCUT2D eigenvalue weighted by Crippen LogP contribution is 2.22. The van der Waals surface area contributed by atoms with Gasteiger partial charge < -0.3 is 10.1 Å². The Labute approximate surface area is 144 Å². The Kier molecular flexibility index (Phi) is 5.18. The Balaban J connectivity index is 1.65. The molecule has 3 aromatic rings. The summed E-state index contributed by atoms with van der Waals surface area (Å²) >= 11 is 1.61. The van der Waals surface area contributed by atoms with Crippen LogP contribution in [0.25, 0.3) is 11.3 Å². The average molecular weight is 339 g/mol. The maximum absolute atomic E-state index is 12.2. The predicted octanol–water partition coefficient (Wildman–Crippen LogP) is 3.07. The van der Waals surface area contributed by atoms with Gasteiger partial charge in [-0.3, -0.25) is 14.8 Å². The van der Waals surface area contributed by atoms with Gasteiger partial charge in [0.25, 0.3) is 0 Å². The van der Waals surface area contributed by atoms with E-state index in [1.54, 1.807) is 30.8 Å². The zero-order valence-electron chi connectivity index (χ0n) is 13.2. The number of hydrogen-bond acceptors (Lipinski definition) is 5. The lowest BCUT2D eigenvalue weighted by atomic mass is 10.1. The van der Waals surface area contributed by atoms with Crippen molar-refractivity contribution < 1.29 is 9.53 Å². The van der Waals surface area contributed by atoms with Crippen LogP contribution in [0.15, 0.2) is 53.5 Å². The van der Waals surface area contributed by atoms with Crippen molar-refractivity contribution >= 4 is 17.2 Å². The van der Waals surface area contributed by atoms with Gasteiger partial charge in [-0.25, -0.2) is 0 Å². The Morgan fingerprint density at radius 3 is 2.92 bits per heavy atom. The molecule has 1 aromatic carbocycles. The first-order valence-corrected chi connectivity index (χ1v) is 8.42. The quantitative estimate of drug-likeness (QED) is 0.750. The van der Waals surface area contributed by atoms with Crippen LogP contribution in [-0.4, -0.2) is 23.0 Å². The molecule has 5 nitrogen and oxygen atoms in total. The molecule has 0 radical (unpaired) electrons. The molecular formula is C18H17N3O2S. The van der Waals surface area contributed by atoms with Gasteiger partial charge in [-0.15, -0.1) is 0 Å². The smallest absolute Gasteiger partial charge is 0.224 e. The zero-order chi connectivity index (χ0) is 16.8. The third-order valence-corrected chi connectivity index (χ3v) is 4.20. The molecule has 0 aliphatic carbocycles. The zero-order valence-corrected chi connectivity index (χ0v) is 14.0. The molecule has 1 N–H and O–H groups in total. The van der Waals surface area contributed by atoms with E-state index < -0.39 is 0 Å². The summed E-state index contributed by atoms with van der Waals surface area (Å²) in [5.74, 6) is 0.680. The fraction of sp³-hybridized carbons (Fsp3) is 0.167. The first-order chi connectivity index (χ1) is 11.8. The van der Waals surface area contributed by atoms with Gasteiger partial charge in [-0.05, 0) is 29.1 Å². The van der Waals surface area contributed by atoms with Crippen LogP contribution in [0.3, 0.4) is 0 Å². The number of carbonyl (C=O) groups excluding carboxylic acids is 1. The van der Waals surface area contributed by atoms with Gasteiger partial charge in [0.1, 0.15) is 5.75 Å². The van der Waals surface area contributed by atoms with Crippen LogP contribution in [0.2, 0.25) is 0 Å². The largest absolute Gasteiger partial charge is 0.497 e. The summed E-state index contributed by atoms with van der Waals surface area (Å²) in [5, 5.41) is 6.92. The van der Waals surface area contributed by atoms with E-state index in [1.807, 2.05) is 41.1 Å². The van der Waals surface area contributed by atoms with Gasteiger partial charge >= 0.3 is 0 Å². The molecule has 0 bridgehead atoms. The van der Waals surface area contributed by atoms with E-state index in [4.69, 9.17) is 4.74 Å². The fourth-order valence-corrected chi connectivity index (χ4v) is 2.99. The van der Waals surface area contributed by atoms with E-state index in [0.29, 0.717) is 13.0 Å². The van der Waals surface area contributed by atoms with Crippen molar-refractivity contribution in [2.24, 2.45) is 0 Å². The fourth-order valence-electron chi connectivity index (χ4n) is 2.35. The van der Waals surface area contributed by atoms with Crippen molar-refractivity contribution in [3.05, 3.63) is 64.7 Å². The number of ether oxygens (including phenoxy) is 1. The van der Waals surface area contributed by atoms with Crippen molar-refractivity contribution in [2.75, 3.05) is 7.11 Å². The topological polar surface area (TPSA) is 64.1 Å². The van der Waals surface area contributed by atoms with E-state index in [9.17, 15) is 4.79 Å². The molecule has 1 amide bonds. The molecule has 0 atom stereocenters. The summed E-state index contributed by atoms with van der Waals surface area (Å²) in [6.07, 6.45) is 3.60. The molecule has 0 saturated heterocycles. The molecule has 0 fully saturated rings. The SMILES string of the molecule is COc1cccc(CC(=O)NCc2nccnc2-c2ccsc2)c1. The highest BCUT2D eigenvalue weighted by atomic mass is 32.1. The van der Waals surface area contributed by atoms with Crippen molar-refractivity contribution in [3.8, 4) is 17.0 Å². The molecule has 0 saturated carbocycles. The van der Waals surface area contributed by atoms with Crippen LogP contribution in [0.1, 0.15) is 11.3 Å². The van der Waals surface area contributed by atoms with E-state index >= 15 is 0 Å². The van der Waals surface area contributed by atoms with Crippen LogP contribution < -0.4 is 10.1 Å². The number of nitrogens with zero attached hydrogens (tertiary/aromatic N) is 2. The lowest BCUT2D eigenvalue weighted by Crippen LogP contribution is -2.25. The number of aromatic nitrogens is 2. The van der Waals surface area contributed by atoms with Gasteiger partial charge in [-0.2, -0.15) is 11.3 Å². The summed E-state index contributed by atoms with van der Waals surface area (Å²) < 4.78 is 5.17. The van der Waals surface area contributed by atoms with Gasteiger partial charge in [0.2, 0.25) is 5.91 Å². The number of hydrogen-bond donors (Lipinski definition) is 1. The van der Waals surface area contributed by atoms with Gasteiger partial charge in [0.05, 0.1) is 31.5 Å². The standard InChI is InChI=1S/C18H17N3O2S/c1-23-15-4-2-3-13(9-15)10-17(22)21-11-16-18(20-7-6-19-16)14-5-8-24-12-14/h2-9,12H,10-11H2,1H3,(H,21,22). The number of benzene rings is 1. The van der Waals surface area contributed by atoms with Crippen molar-refractivity contribution in [1.82, 2.24) is 15.3 Å². The van der Waals surface area contributed by atoms with Gasteiger partial charge in [-0.1, -0.05) is 12.1 Å². The van der Waals surface area contributed by atoms with Crippen LogP contribution in [0.5, 0.6) is 5.75 Å². The lowest BCUT2D eigenvalue weighted by Gasteiger charge is -2.08. The second kappa shape index (κ2) is 7.70. The minimum atomic E-state index is -0.0647. The molecule has 0 spiro atoms. The molecular weight excluding hydrogens is 322 g/mol. The molecule has 122 valence electrons. The maximum atomic E-state index is 12.2. The number of thiophene rings is 1.